The largest absolute Gasteiger partial charge is 0.463 e. The lowest BCUT2D eigenvalue weighted by Gasteiger charge is -2.03. The lowest BCUT2D eigenvalue weighted by atomic mass is 10.0. The fourth-order valence-corrected chi connectivity index (χ4v) is 2.39. The smallest absolute Gasteiger partial charge is 0.330 e. The van der Waals surface area contributed by atoms with Crippen LogP contribution >= 0.6 is 0 Å². The Morgan fingerprint density at radius 1 is 0.714 bits per heavy atom. The van der Waals surface area contributed by atoms with Crippen molar-refractivity contribution >= 4 is 5.97 Å². The van der Waals surface area contributed by atoms with Crippen molar-refractivity contribution < 1.29 is 9.53 Å². The van der Waals surface area contributed by atoms with Gasteiger partial charge in [0.05, 0.1) is 6.61 Å². The maximum atomic E-state index is 10.8. The van der Waals surface area contributed by atoms with E-state index in [0.717, 1.165) is 12.8 Å². The molecule has 0 aliphatic carbocycles. The van der Waals surface area contributed by atoms with Crippen LogP contribution in [0, 0.1) is 0 Å². The van der Waals surface area contributed by atoms with Crippen LogP contribution in [-0.2, 0) is 9.53 Å². The van der Waals surface area contributed by atoms with Gasteiger partial charge in [-0.1, -0.05) is 76.9 Å². The molecule has 21 heavy (non-hydrogen) atoms. The van der Waals surface area contributed by atoms with Crippen LogP contribution in [0.25, 0.3) is 0 Å². The Balaban J connectivity index is 3.01. The molecule has 0 unspecified atom stereocenters. The topological polar surface area (TPSA) is 26.3 Å². The summed E-state index contributed by atoms with van der Waals surface area (Å²) in [5.41, 5.74) is 0. The summed E-state index contributed by atoms with van der Waals surface area (Å²) in [6.07, 6.45) is 20.1. The Kier molecular flexibility index (Phi) is 16.2. The fraction of sp³-hybridized carbons (Fsp3) is 0.737. The molecule has 0 aliphatic rings. The molecule has 2 heteroatoms. The lowest BCUT2D eigenvalue weighted by molar-refractivity contribution is -0.137. The van der Waals surface area contributed by atoms with Gasteiger partial charge in [-0.25, -0.2) is 4.79 Å². The van der Waals surface area contributed by atoms with Gasteiger partial charge < -0.3 is 4.74 Å². The summed E-state index contributed by atoms with van der Waals surface area (Å²) < 4.78 is 4.94. The Hall–Kier alpha value is -1.05. The summed E-state index contributed by atoms with van der Waals surface area (Å²) in [5, 5.41) is 0. The third-order valence-electron chi connectivity index (χ3n) is 3.71. The predicted molar refractivity (Wildman–Crippen MR) is 91.4 cm³/mol. The first kappa shape index (κ1) is 19.9. The maximum Gasteiger partial charge on any atom is 0.330 e. The highest BCUT2D eigenvalue weighted by atomic mass is 16.5. The minimum Gasteiger partial charge on any atom is -0.463 e. The molecular formula is C19H34O2. The van der Waals surface area contributed by atoms with Gasteiger partial charge in [-0.15, -0.1) is 6.58 Å². The molecule has 0 bridgehead atoms. The van der Waals surface area contributed by atoms with Crippen LogP contribution in [0.15, 0.2) is 25.3 Å². The van der Waals surface area contributed by atoms with E-state index in [-0.39, 0.29) is 5.97 Å². The Morgan fingerprint density at radius 2 is 1.14 bits per heavy atom. The standard InChI is InChI=1S/C19H34O2/c1-3-5-6-7-8-9-10-11-12-13-14-15-16-17-18-21-19(20)4-2/h3-4H,1-2,5-18H2. The zero-order chi connectivity index (χ0) is 15.6. The molecule has 0 amide bonds. The molecule has 0 aliphatic heterocycles. The van der Waals surface area contributed by atoms with Crippen LogP contribution in [0.1, 0.15) is 83.5 Å². The molecule has 0 atom stereocenters. The molecule has 0 aromatic carbocycles. The Bertz CT molecular complexity index is 258. The highest BCUT2D eigenvalue weighted by molar-refractivity contribution is 5.81. The van der Waals surface area contributed by atoms with Gasteiger partial charge in [-0.05, 0) is 19.3 Å². The number of hydrogen-bond donors (Lipinski definition) is 0. The van der Waals surface area contributed by atoms with E-state index in [1.165, 1.54) is 76.7 Å². The molecule has 0 aromatic rings. The molecule has 0 aromatic heterocycles. The van der Waals surface area contributed by atoms with Crippen LogP contribution in [0.3, 0.4) is 0 Å². The van der Waals surface area contributed by atoms with E-state index in [2.05, 4.69) is 13.2 Å². The van der Waals surface area contributed by atoms with Gasteiger partial charge >= 0.3 is 5.97 Å². The van der Waals surface area contributed by atoms with Crippen molar-refractivity contribution in [3.8, 4) is 0 Å². The molecule has 0 rings (SSSR count). The second kappa shape index (κ2) is 17.0. The molecule has 122 valence electrons. The quantitative estimate of drug-likeness (QED) is 0.152. The van der Waals surface area contributed by atoms with E-state index in [1.54, 1.807) is 0 Å². The van der Waals surface area contributed by atoms with Crippen molar-refractivity contribution in [2.75, 3.05) is 6.61 Å². The fourth-order valence-electron chi connectivity index (χ4n) is 2.39. The number of carbonyl (C=O) groups excluding carboxylic acids is 1. The minimum atomic E-state index is -0.306. The number of unbranched alkanes of at least 4 members (excludes halogenated alkanes) is 12. The summed E-state index contributed by atoms with van der Waals surface area (Å²) in [6.45, 7) is 7.65. The third-order valence-corrected chi connectivity index (χ3v) is 3.71. The van der Waals surface area contributed by atoms with Gasteiger partial charge in [0.15, 0.2) is 0 Å². The van der Waals surface area contributed by atoms with Gasteiger partial charge in [0.2, 0.25) is 0 Å². The van der Waals surface area contributed by atoms with Crippen molar-refractivity contribution in [1.29, 1.82) is 0 Å². The Morgan fingerprint density at radius 3 is 1.57 bits per heavy atom. The summed E-state index contributed by atoms with van der Waals surface area (Å²) >= 11 is 0. The Labute approximate surface area is 131 Å². The van der Waals surface area contributed by atoms with Crippen molar-refractivity contribution in [3.63, 3.8) is 0 Å². The van der Waals surface area contributed by atoms with E-state index in [1.807, 2.05) is 6.08 Å². The summed E-state index contributed by atoms with van der Waals surface area (Å²) in [7, 11) is 0. The molecule has 0 N–H and O–H groups in total. The van der Waals surface area contributed by atoms with Crippen molar-refractivity contribution in [2.24, 2.45) is 0 Å². The molecular weight excluding hydrogens is 260 g/mol. The van der Waals surface area contributed by atoms with Crippen molar-refractivity contribution in [3.05, 3.63) is 25.3 Å². The predicted octanol–water partition coefficient (Wildman–Crippen LogP) is 5.97. The van der Waals surface area contributed by atoms with E-state index < -0.39 is 0 Å². The van der Waals surface area contributed by atoms with Crippen LogP contribution in [0.5, 0.6) is 0 Å². The number of hydrogen-bond acceptors (Lipinski definition) is 2. The molecule has 0 saturated heterocycles. The van der Waals surface area contributed by atoms with Crippen molar-refractivity contribution in [1.82, 2.24) is 0 Å². The highest BCUT2D eigenvalue weighted by Crippen LogP contribution is 2.12. The van der Waals surface area contributed by atoms with Crippen LogP contribution < -0.4 is 0 Å². The molecule has 0 radical (unpaired) electrons. The second-order valence-corrected chi connectivity index (χ2v) is 5.69. The van der Waals surface area contributed by atoms with E-state index in [0.29, 0.717) is 6.61 Å². The molecule has 0 spiro atoms. The number of carbonyl (C=O) groups is 1. The molecule has 2 nitrogen and oxygen atoms in total. The average molecular weight is 294 g/mol. The minimum absolute atomic E-state index is 0.306. The van der Waals surface area contributed by atoms with Gasteiger partial charge in [0.1, 0.15) is 0 Å². The van der Waals surface area contributed by atoms with Gasteiger partial charge in [-0.3, -0.25) is 0 Å². The number of esters is 1. The maximum absolute atomic E-state index is 10.8. The zero-order valence-corrected chi connectivity index (χ0v) is 13.8. The number of allylic oxidation sites excluding steroid dienone is 1. The SMILES string of the molecule is C=CCCCCCCCCCCCCCCOC(=O)C=C. The van der Waals surface area contributed by atoms with E-state index in [9.17, 15) is 4.79 Å². The summed E-state index contributed by atoms with van der Waals surface area (Å²) in [4.78, 5) is 10.8. The first-order valence-electron chi connectivity index (χ1n) is 8.71. The normalized spacial score (nSPS) is 10.3. The highest BCUT2D eigenvalue weighted by Gasteiger charge is 1.96. The first-order valence-corrected chi connectivity index (χ1v) is 8.71. The van der Waals surface area contributed by atoms with Crippen LogP contribution in [0.4, 0.5) is 0 Å². The monoisotopic (exact) mass is 294 g/mol. The lowest BCUT2D eigenvalue weighted by Crippen LogP contribution is -2.01. The molecule has 0 saturated carbocycles. The first-order chi connectivity index (χ1) is 10.3. The molecule has 0 heterocycles. The molecule has 0 fully saturated rings. The average Bonchev–Trinajstić information content (AvgIpc) is 2.50. The van der Waals surface area contributed by atoms with E-state index in [4.69, 9.17) is 4.74 Å². The van der Waals surface area contributed by atoms with Gasteiger partial charge in [0, 0.05) is 6.08 Å². The number of rotatable bonds is 16. The summed E-state index contributed by atoms with van der Waals surface area (Å²) in [6, 6.07) is 0. The zero-order valence-electron chi connectivity index (χ0n) is 13.8. The van der Waals surface area contributed by atoms with Crippen LogP contribution in [-0.4, -0.2) is 12.6 Å². The van der Waals surface area contributed by atoms with Gasteiger partial charge in [-0.2, -0.15) is 0 Å². The van der Waals surface area contributed by atoms with Crippen LogP contribution in [0.2, 0.25) is 0 Å². The van der Waals surface area contributed by atoms with Crippen molar-refractivity contribution in [2.45, 2.75) is 83.5 Å². The number of ether oxygens (including phenoxy) is 1. The summed E-state index contributed by atoms with van der Waals surface area (Å²) in [5.74, 6) is -0.306. The second-order valence-electron chi connectivity index (χ2n) is 5.69. The third kappa shape index (κ3) is 16.9. The van der Waals surface area contributed by atoms with E-state index >= 15 is 0 Å². The van der Waals surface area contributed by atoms with Gasteiger partial charge in [0.25, 0.3) is 0 Å².